The third-order valence-electron chi connectivity index (χ3n) is 20.7. The molecular weight excluding hydrogens is 1380 g/mol. The van der Waals surface area contributed by atoms with Crippen LogP contribution in [0.2, 0.25) is 0 Å². The molecule has 0 spiro atoms. The van der Waals surface area contributed by atoms with Gasteiger partial charge in [0.1, 0.15) is 19.3 Å². The lowest BCUT2D eigenvalue weighted by atomic mass is 9.99. The van der Waals surface area contributed by atoms with Gasteiger partial charge in [0.05, 0.1) is 26.4 Å². The highest BCUT2D eigenvalue weighted by atomic mass is 31.2. The standard InChI is InChI=1S/C87H170O17P2/c1-9-80(8)66-58-50-41-35-29-23-17-12-10-11-13-19-25-31-37-43-53-61-69-86(91)103-82(73-97-84(89)67-59-51-42-36-30-24-18-15-14-16-21-27-33-39-47-55-63-77(2)3)75-101-105(93,94)99-71-81(88)72-100-106(95,96)102-76-83(74-98-85(90)68-60-52-46-45-49-57-65-79(6)7)104-87(92)70-62-54-44-38-32-26-20-22-28-34-40-48-56-64-78(4)5/h77-83,88H,9-76H2,1-8H3,(H,93,94)(H,95,96)/t80?,81-,82-,83-/m1/s1. The van der Waals surface area contributed by atoms with Crippen LogP contribution in [-0.2, 0) is 65.4 Å². The number of hydrogen-bond donors (Lipinski definition) is 3. The zero-order chi connectivity index (χ0) is 78.1. The third kappa shape index (κ3) is 78.7. The molecule has 630 valence electrons. The molecule has 0 bridgehead atoms. The molecule has 0 aromatic carbocycles. The monoisotopic (exact) mass is 1550 g/mol. The molecule has 0 amide bonds. The second kappa shape index (κ2) is 75.7. The first kappa shape index (κ1) is 104. The normalized spacial score (nSPS) is 14.2. The molecule has 0 radical (unpaired) electrons. The number of phosphoric acid groups is 2. The van der Waals surface area contributed by atoms with Gasteiger partial charge >= 0.3 is 39.5 Å². The van der Waals surface area contributed by atoms with Crippen LogP contribution in [0.5, 0.6) is 0 Å². The van der Waals surface area contributed by atoms with Crippen molar-refractivity contribution in [1.82, 2.24) is 0 Å². The highest BCUT2D eigenvalue weighted by Crippen LogP contribution is 2.45. The average molecular weight is 1550 g/mol. The van der Waals surface area contributed by atoms with Crippen LogP contribution in [0, 0.1) is 23.7 Å². The highest BCUT2D eigenvalue weighted by Gasteiger charge is 2.31. The van der Waals surface area contributed by atoms with E-state index in [4.69, 9.17) is 37.0 Å². The van der Waals surface area contributed by atoms with Crippen LogP contribution >= 0.6 is 15.6 Å². The predicted molar refractivity (Wildman–Crippen MR) is 437 cm³/mol. The zero-order valence-corrected chi connectivity index (χ0v) is 71.9. The second-order valence-corrected chi connectivity index (χ2v) is 35.9. The Hall–Kier alpha value is -1.94. The number of carbonyl (C=O) groups excluding carboxylic acids is 4. The molecule has 0 fully saturated rings. The Morgan fingerprint density at radius 1 is 0.264 bits per heavy atom. The molecule has 3 N–H and O–H groups in total. The summed E-state index contributed by atoms with van der Waals surface area (Å²) in [6.45, 7) is 14.3. The first-order chi connectivity index (χ1) is 51.1. The Labute approximate surface area is 651 Å². The number of carbonyl (C=O) groups is 4. The molecule has 0 saturated heterocycles. The van der Waals surface area contributed by atoms with E-state index in [1.54, 1.807) is 0 Å². The third-order valence-corrected chi connectivity index (χ3v) is 22.6. The molecule has 6 atom stereocenters. The van der Waals surface area contributed by atoms with Crippen LogP contribution < -0.4 is 0 Å². The highest BCUT2D eigenvalue weighted by molar-refractivity contribution is 7.47. The molecule has 0 heterocycles. The van der Waals surface area contributed by atoms with Crippen LogP contribution in [0.25, 0.3) is 0 Å². The quantitative estimate of drug-likeness (QED) is 0.0222. The Kier molecular flexibility index (Phi) is 74.3. The molecule has 19 heteroatoms. The molecule has 17 nitrogen and oxygen atoms in total. The minimum Gasteiger partial charge on any atom is -0.462 e. The molecule has 0 aromatic heterocycles. The predicted octanol–water partition coefficient (Wildman–Crippen LogP) is 26.3. The lowest BCUT2D eigenvalue weighted by Gasteiger charge is -2.21. The Bertz CT molecular complexity index is 2060. The van der Waals surface area contributed by atoms with Crippen molar-refractivity contribution in [2.45, 2.75) is 472 Å². The molecule has 0 aliphatic rings. The minimum atomic E-state index is -4.97. The fraction of sp³-hybridized carbons (Fsp3) is 0.954. The summed E-state index contributed by atoms with van der Waals surface area (Å²) in [6, 6.07) is 0. The average Bonchev–Trinajstić information content (AvgIpc) is 0.900. The summed E-state index contributed by atoms with van der Waals surface area (Å²) in [7, 11) is -9.93. The van der Waals surface area contributed by atoms with Crippen LogP contribution in [0.1, 0.15) is 453 Å². The van der Waals surface area contributed by atoms with E-state index in [1.165, 1.54) is 250 Å². The maximum atomic E-state index is 13.2. The van der Waals surface area contributed by atoms with Gasteiger partial charge in [0.2, 0.25) is 0 Å². The summed E-state index contributed by atoms with van der Waals surface area (Å²) in [6.07, 6.45) is 65.5. The minimum absolute atomic E-state index is 0.106. The number of aliphatic hydroxyl groups excluding tert-OH is 1. The van der Waals surface area contributed by atoms with Crippen molar-refractivity contribution in [3.05, 3.63) is 0 Å². The molecule has 106 heavy (non-hydrogen) atoms. The topological polar surface area (TPSA) is 237 Å². The lowest BCUT2D eigenvalue weighted by molar-refractivity contribution is -0.161. The SMILES string of the molecule is CCC(C)CCCCCCCCCCCCCCCCCCCCC(=O)O[C@H](COC(=O)CCCCCCCCCCCCCCCCCCC(C)C)COP(=O)(O)OC[C@@H](O)COP(=O)(O)OC[C@@H](COC(=O)CCCCCCCCC(C)C)OC(=O)CCCCCCCCCCCCCCCC(C)C. The molecule has 3 unspecified atom stereocenters. The molecule has 0 aliphatic heterocycles. The maximum Gasteiger partial charge on any atom is 0.472 e. The van der Waals surface area contributed by atoms with Crippen molar-refractivity contribution in [3.63, 3.8) is 0 Å². The van der Waals surface area contributed by atoms with E-state index in [9.17, 15) is 43.2 Å². The Balaban J connectivity index is 5.21. The molecular formula is C87H170O17P2. The van der Waals surface area contributed by atoms with E-state index in [-0.39, 0.29) is 25.7 Å². The number of rotatable bonds is 84. The first-order valence-electron chi connectivity index (χ1n) is 44.7. The van der Waals surface area contributed by atoms with E-state index in [0.29, 0.717) is 31.6 Å². The van der Waals surface area contributed by atoms with Crippen molar-refractivity contribution in [2.75, 3.05) is 39.6 Å². The van der Waals surface area contributed by atoms with Gasteiger partial charge in [-0.15, -0.1) is 0 Å². The zero-order valence-electron chi connectivity index (χ0n) is 70.1. The van der Waals surface area contributed by atoms with Gasteiger partial charge in [-0.1, -0.05) is 402 Å². The van der Waals surface area contributed by atoms with Gasteiger partial charge in [0.25, 0.3) is 0 Å². The van der Waals surface area contributed by atoms with Crippen LogP contribution in [-0.4, -0.2) is 96.7 Å². The smallest absolute Gasteiger partial charge is 0.462 e. The van der Waals surface area contributed by atoms with E-state index in [0.717, 1.165) is 114 Å². The summed E-state index contributed by atoms with van der Waals surface area (Å²) < 4.78 is 68.9. The van der Waals surface area contributed by atoms with Gasteiger partial charge in [0.15, 0.2) is 12.2 Å². The van der Waals surface area contributed by atoms with E-state index in [2.05, 4.69) is 55.4 Å². The van der Waals surface area contributed by atoms with Crippen molar-refractivity contribution in [2.24, 2.45) is 23.7 Å². The van der Waals surface area contributed by atoms with Crippen molar-refractivity contribution in [3.8, 4) is 0 Å². The number of phosphoric ester groups is 2. The summed E-state index contributed by atoms with van der Waals surface area (Å²) in [5.74, 6) is 1.04. The summed E-state index contributed by atoms with van der Waals surface area (Å²) >= 11 is 0. The number of esters is 4. The van der Waals surface area contributed by atoms with Crippen LogP contribution in [0.4, 0.5) is 0 Å². The molecule has 0 aromatic rings. The van der Waals surface area contributed by atoms with Gasteiger partial charge in [-0.2, -0.15) is 0 Å². The maximum absolute atomic E-state index is 13.2. The van der Waals surface area contributed by atoms with Crippen molar-refractivity contribution in [1.29, 1.82) is 0 Å². The summed E-state index contributed by atoms with van der Waals surface area (Å²) in [5, 5.41) is 10.7. The van der Waals surface area contributed by atoms with Crippen LogP contribution in [0.15, 0.2) is 0 Å². The summed E-state index contributed by atoms with van der Waals surface area (Å²) in [4.78, 5) is 73.2. The number of ether oxygens (including phenoxy) is 4. The Morgan fingerprint density at radius 3 is 0.670 bits per heavy atom. The number of unbranched alkanes of at least 4 members (excludes halogenated alkanes) is 49. The largest absolute Gasteiger partial charge is 0.472 e. The first-order valence-corrected chi connectivity index (χ1v) is 47.7. The van der Waals surface area contributed by atoms with E-state index >= 15 is 0 Å². The van der Waals surface area contributed by atoms with Gasteiger partial charge in [-0.25, -0.2) is 9.13 Å². The fourth-order valence-electron chi connectivity index (χ4n) is 13.5. The van der Waals surface area contributed by atoms with E-state index < -0.39 is 97.5 Å². The van der Waals surface area contributed by atoms with Gasteiger partial charge < -0.3 is 33.8 Å². The Morgan fingerprint density at radius 2 is 0.453 bits per heavy atom. The molecule has 0 saturated carbocycles. The second-order valence-electron chi connectivity index (χ2n) is 33.0. The number of aliphatic hydroxyl groups is 1. The number of hydrogen-bond acceptors (Lipinski definition) is 15. The lowest BCUT2D eigenvalue weighted by Crippen LogP contribution is -2.30. The van der Waals surface area contributed by atoms with Gasteiger partial charge in [-0.05, 0) is 49.4 Å². The van der Waals surface area contributed by atoms with E-state index in [1.807, 2.05) is 0 Å². The summed E-state index contributed by atoms with van der Waals surface area (Å²) in [5.41, 5.74) is 0. The van der Waals surface area contributed by atoms with Gasteiger partial charge in [0, 0.05) is 25.7 Å². The van der Waals surface area contributed by atoms with Crippen molar-refractivity contribution < 1.29 is 80.2 Å². The van der Waals surface area contributed by atoms with Crippen molar-refractivity contribution >= 4 is 39.5 Å². The fourth-order valence-corrected chi connectivity index (χ4v) is 15.0. The van der Waals surface area contributed by atoms with Crippen LogP contribution in [0.3, 0.4) is 0 Å². The van der Waals surface area contributed by atoms with Gasteiger partial charge in [-0.3, -0.25) is 37.3 Å². The molecule has 0 rings (SSSR count). The molecule has 0 aliphatic carbocycles.